The van der Waals surface area contributed by atoms with Crippen LogP contribution < -0.4 is 5.32 Å². The van der Waals surface area contributed by atoms with Gasteiger partial charge in [-0.15, -0.1) is 0 Å². The maximum absolute atomic E-state index is 10.3. The van der Waals surface area contributed by atoms with Gasteiger partial charge in [0, 0.05) is 69.3 Å². The van der Waals surface area contributed by atoms with Crippen molar-refractivity contribution in [1.82, 2.24) is 19.4 Å². The molecular weight excluding hydrogens is 412 g/mol. The first-order valence-electron chi connectivity index (χ1n) is 11.8. The zero-order chi connectivity index (χ0) is 23.3. The van der Waals surface area contributed by atoms with Crippen molar-refractivity contribution >= 4 is 11.5 Å². The molecule has 0 amide bonds. The molecular formula is C26H34N6O. The topological polar surface area (TPSA) is 68.9 Å². The zero-order valence-electron chi connectivity index (χ0n) is 20.2. The number of hydrogen-bond acceptors (Lipinski definition) is 6. The van der Waals surface area contributed by atoms with E-state index < -0.39 is 5.60 Å². The van der Waals surface area contributed by atoms with E-state index in [2.05, 4.69) is 57.8 Å². The first-order chi connectivity index (χ1) is 15.7. The molecule has 3 heterocycles. The highest BCUT2D eigenvalue weighted by Gasteiger charge is 2.37. The second-order valence-electron chi connectivity index (χ2n) is 10.0. The first-order valence-corrected chi connectivity index (χ1v) is 11.8. The average molecular weight is 447 g/mol. The van der Waals surface area contributed by atoms with E-state index in [1.54, 1.807) is 13.8 Å². The molecule has 7 nitrogen and oxygen atoms in total. The summed E-state index contributed by atoms with van der Waals surface area (Å²) in [6.45, 7) is 8.84. The minimum atomic E-state index is -0.862. The van der Waals surface area contributed by atoms with E-state index in [0.717, 1.165) is 42.5 Å². The van der Waals surface area contributed by atoms with Crippen LogP contribution in [0.25, 0.3) is 0 Å². The van der Waals surface area contributed by atoms with E-state index in [9.17, 15) is 5.11 Å². The molecule has 1 aliphatic carbocycles. The minimum absolute atomic E-state index is 0.116. The Labute approximate surface area is 196 Å². The summed E-state index contributed by atoms with van der Waals surface area (Å²) < 4.78 is 2.20. The molecule has 7 heteroatoms. The van der Waals surface area contributed by atoms with Crippen LogP contribution in [0.3, 0.4) is 0 Å². The van der Waals surface area contributed by atoms with Gasteiger partial charge in [0.1, 0.15) is 0 Å². The molecule has 1 aromatic carbocycles. The summed E-state index contributed by atoms with van der Waals surface area (Å²) in [6, 6.07) is 7.99. The van der Waals surface area contributed by atoms with E-state index in [0.29, 0.717) is 11.8 Å². The average Bonchev–Trinajstić information content (AvgIpc) is 3.25. The van der Waals surface area contributed by atoms with Crippen molar-refractivity contribution in [3.8, 4) is 0 Å². The van der Waals surface area contributed by atoms with E-state index in [-0.39, 0.29) is 6.04 Å². The maximum atomic E-state index is 10.3. The first kappa shape index (κ1) is 21.8. The van der Waals surface area contributed by atoms with Crippen molar-refractivity contribution in [3.63, 3.8) is 0 Å². The highest BCUT2D eigenvalue weighted by Crippen LogP contribution is 2.38. The molecule has 0 radical (unpaired) electrons. The molecule has 0 saturated heterocycles. The van der Waals surface area contributed by atoms with Crippen LogP contribution in [0.15, 0.2) is 65.2 Å². The molecule has 0 saturated carbocycles. The number of likely N-dealkylation sites (N-methyl/N-ethyl adjacent to an activating group) is 2. The van der Waals surface area contributed by atoms with E-state index in [1.165, 1.54) is 11.4 Å². The van der Waals surface area contributed by atoms with E-state index in [1.807, 2.05) is 36.7 Å². The molecule has 1 aromatic heterocycles. The van der Waals surface area contributed by atoms with Gasteiger partial charge in [-0.3, -0.25) is 4.99 Å². The van der Waals surface area contributed by atoms with Crippen molar-refractivity contribution in [2.75, 3.05) is 32.5 Å². The third kappa shape index (κ3) is 3.95. The highest BCUT2D eigenvalue weighted by molar-refractivity contribution is 6.06. The number of benzene rings is 1. The van der Waals surface area contributed by atoms with Gasteiger partial charge < -0.3 is 24.8 Å². The molecule has 0 spiro atoms. The third-order valence-electron chi connectivity index (χ3n) is 7.25. The Bertz CT molecular complexity index is 1120. The van der Waals surface area contributed by atoms with Gasteiger partial charge in [-0.25, -0.2) is 4.98 Å². The number of hydrogen-bond donors (Lipinski definition) is 2. The molecule has 3 aliphatic rings. The monoisotopic (exact) mass is 446 g/mol. The van der Waals surface area contributed by atoms with Crippen molar-refractivity contribution in [1.29, 1.82) is 0 Å². The van der Waals surface area contributed by atoms with E-state index >= 15 is 0 Å². The van der Waals surface area contributed by atoms with Crippen molar-refractivity contribution in [3.05, 3.63) is 71.6 Å². The van der Waals surface area contributed by atoms with Crippen LogP contribution in [0.2, 0.25) is 0 Å². The number of aromatic nitrogens is 2. The zero-order valence-corrected chi connectivity index (χ0v) is 20.2. The van der Waals surface area contributed by atoms with Crippen LogP contribution >= 0.6 is 0 Å². The smallest absolute Gasteiger partial charge is 0.175 e. The van der Waals surface area contributed by atoms with Crippen molar-refractivity contribution < 1.29 is 5.11 Å². The van der Waals surface area contributed by atoms with E-state index in [4.69, 9.17) is 4.99 Å². The van der Waals surface area contributed by atoms with Gasteiger partial charge in [-0.2, -0.15) is 0 Å². The van der Waals surface area contributed by atoms with Gasteiger partial charge in [-0.05, 0) is 37.6 Å². The number of fused-ring (bicyclic) bond motifs is 1. The number of nitrogens with one attached hydrogen (secondary N) is 1. The summed E-state index contributed by atoms with van der Waals surface area (Å²) >= 11 is 0. The predicted octanol–water partition coefficient (Wildman–Crippen LogP) is 3.26. The Balaban J connectivity index is 1.43. The normalized spacial score (nSPS) is 25.0. The van der Waals surface area contributed by atoms with Gasteiger partial charge >= 0.3 is 0 Å². The molecule has 33 heavy (non-hydrogen) atoms. The molecule has 5 rings (SSSR count). The largest absolute Gasteiger partial charge is 0.386 e. The Hall–Kier alpha value is -3.06. The number of aliphatic hydroxyl groups is 1. The second kappa shape index (κ2) is 8.06. The fraction of sp³-hybridized carbons (Fsp3) is 0.462. The van der Waals surface area contributed by atoms with Gasteiger partial charge in [0.15, 0.2) is 11.7 Å². The summed E-state index contributed by atoms with van der Waals surface area (Å²) in [5.41, 5.74) is 3.70. The number of anilines is 1. The lowest BCUT2D eigenvalue weighted by Gasteiger charge is -2.44. The third-order valence-corrected chi connectivity index (χ3v) is 7.25. The summed E-state index contributed by atoms with van der Waals surface area (Å²) in [5, 5.41) is 13.7. The lowest BCUT2D eigenvalue weighted by atomic mass is 9.79. The van der Waals surface area contributed by atoms with Crippen LogP contribution in [0.4, 0.5) is 5.69 Å². The fourth-order valence-electron chi connectivity index (χ4n) is 5.27. The summed E-state index contributed by atoms with van der Waals surface area (Å²) in [4.78, 5) is 14.5. The predicted molar refractivity (Wildman–Crippen MR) is 132 cm³/mol. The maximum Gasteiger partial charge on any atom is 0.175 e. The summed E-state index contributed by atoms with van der Waals surface area (Å²) in [5.74, 6) is 2.34. The van der Waals surface area contributed by atoms with Crippen molar-refractivity contribution in [2.45, 2.75) is 39.0 Å². The van der Waals surface area contributed by atoms with Gasteiger partial charge in [0.25, 0.3) is 0 Å². The molecule has 2 aromatic rings. The van der Waals surface area contributed by atoms with Crippen molar-refractivity contribution in [2.24, 2.45) is 16.8 Å². The Kier molecular flexibility index (Phi) is 5.32. The van der Waals surface area contributed by atoms with Crippen LogP contribution in [-0.2, 0) is 12.1 Å². The number of aliphatic imine (C=N–C) groups is 1. The lowest BCUT2D eigenvalue weighted by molar-refractivity contribution is 0.0786. The number of amidine groups is 1. The molecule has 3 atom stereocenters. The lowest BCUT2D eigenvalue weighted by Crippen LogP contribution is -2.45. The fourth-order valence-corrected chi connectivity index (χ4v) is 5.27. The number of imidazole rings is 1. The Morgan fingerprint density at radius 2 is 1.82 bits per heavy atom. The van der Waals surface area contributed by atoms with Gasteiger partial charge in [-0.1, -0.05) is 25.1 Å². The molecule has 2 aliphatic heterocycles. The minimum Gasteiger partial charge on any atom is -0.386 e. The van der Waals surface area contributed by atoms with Gasteiger partial charge in [0.2, 0.25) is 0 Å². The summed E-state index contributed by atoms with van der Waals surface area (Å²) in [7, 11) is 4.39. The summed E-state index contributed by atoms with van der Waals surface area (Å²) in [6.07, 6.45) is 8.53. The molecule has 0 bridgehead atoms. The quantitative estimate of drug-likeness (QED) is 0.758. The Morgan fingerprint density at radius 1 is 1.09 bits per heavy atom. The number of nitrogens with zero attached hydrogens (tertiary/aromatic N) is 5. The van der Waals surface area contributed by atoms with Gasteiger partial charge in [0.05, 0.1) is 17.3 Å². The molecule has 2 N–H and O–H groups in total. The molecule has 174 valence electrons. The second-order valence-corrected chi connectivity index (χ2v) is 10.0. The number of rotatable bonds is 3. The Morgan fingerprint density at radius 3 is 2.55 bits per heavy atom. The SMILES string of the molecule is CC1C2=C(C=CC1C1Cn3ccnc3C(Nc3ccc(C(C)(C)O)cc3)=N1)N(C)CCN2C. The van der Waals surface area contributed by atoms with Crippen LogP contribution in [0.5, 0.6) is 0 Å². The van der Waals surface area contributed by atoms with Crippen LogP contribution in [-0.4, -0.2) is 63.5 Å². The highest BCUT2D eigenvalue weighted by atomic mass is 16.3. The number of allylic oxidation sites excluding steroid dienone is 2. The standard InChI is InChI=1S/C26H34N6O/c1-17-20(10-11-22-23(17)31(5)15-14-30(22)4)21-16-32-13-12-27-25(32)24(29-21)28-19-8-6-18(7-9-19)26(2,3)33/h6-13,17,20-21,33H,14-16H2,1-5H3,(H,28,29). The van der Waals surface area contributed by atoms with Crippen LogP contribution in [0, 0.1) is 11.8 Å². The van der Waals surface area contributed by atoms with Crippen LogP contribution in [0.1, 0.15) is 32.2 Å². The molecule has 0 fully saturated rings. The molecule has 3 unspecified atom stereocenters.